The van der Waals surface area contributed by atoms with Crippen LogP contribution in [0.5, 0.6) is 0 Å². The molecule has 0 amide bonds. The highest BCUT2D eigenvalue weighted by molar-refractivity contribution is 14.1. The number of hydrogen-bond donors (Lipinski definition) is 0. The molecule has 0 radical (unpaired) electrons. The van der Waals surface area contributed by atoms with Crippen molar-refractivity contribution in [2.75, 3.05) is 0 Å². The first-order valence-corrected chi connectivity index (χ1v) is 7.31. The summed E-state index contributed by atoms with van der Waals surface area (Å²) in [5, 5.41) is 0. The lowest BCUT2D eigenvalue weighted by Crippen LogP contribution is -1.85. The number of benzene rings is 2. The molecule has 0 nitrogen and oxygen atoms in total. The summed E-state index contributed by atoms with van der Waals surface area (Å²) in [5.41, 5.74) is 4.01. The quantitative estimate of drug-likeness (QED) is 0.480. The van der Waals surface area contributed by atoms with Crippen LogP contribution in [0.4, 0.5) is 0 Å². The van der Waals surface area contributed by atoms with Gasteiger partial charge in [-0.2, -0.15) is 0 Å². The van der Waals surface area contributed by atoms with Gasteiger partial charge in [-0.15, -0.1) is 0 Å². The van der Waals surface area contributed by atoms with Crippen molar-refractivity contribution in [3.8, 4) is 11.1 Å². The van der Waals surface area contributed by atoms with E-state index in [-0.39, 0.29) is 0 Å². The first-order chi connectivity index (χ1) is 7.31. The van der Waals surface area contributed by atoms with E-state index in [1.807, 2.05) is 0 Å². The van der Waals surface area contributed by atoms with Crippen LogP contribution in [0.2, 0.25) is 0 Å². The second kappa shape index (κ2) is 5.30. The Morgan fingerprint density at radius 1 is 0.933 bits per heavy atom. The molecule has 76 valence electrons. The molecule has 0 spiro atoms. The van der Waals surface area contributed by atoms with Crippen molar-refractivity contribution in [2.45, 2.75) is 4.43 Å². The molecular formula is C13H10I2. The summed E-state index contributed by atoms with van der Waals surface area (Å²) in [6, 6.07) is 17.2. The second-order valence-electron chi connectivity index (χ2n) is 3.31. The molecule has 0 fully saturated rings. The lowest BCUT2D eigenvalue weighted by Gasteiger charge is -2.06. The maximum Gasteiger partial charge on any atom is 0.0247 e. The summed E-state index contributed by atoms with van der Waals surface area (Å²) in [6.45, 7) is 0. The molecule has 2 aromatic carbocycles. The number of hydrogen-bond acceptors (Lipinski definition) is 0. The van der Waals surface area contributed by atoms with E-state index in [9.17, 15) is 0 Å². The van der Waals surface area contributed by atoms with E-state index in [0.717, 1.165) is 4.43 Å². The monoisotopic (exact) mass is 420 g/mol. The molecule has 2 rings (SSSR count). The van der Waals surface area contributed by atoms with Crippen LogP contribution in [0.25, 0.3) is 11.1 Å². The van der Waals surface area contributed by atoms with Crippen LogP contribution < -0.4 is 0 Å². The lowest BCUT2D eigenvalue weighted by atomic mass is 10.0. The maximum absolute atomic E-state index is 2.41. The Morgan fingerprint density at radius 2 is 1.67 bits per heavy atom. The third-order valence-electron chi connectivity index (χ3n) is 2.27. The van der Waals surface area contributed by atoms with E-state index >= 15 is 0 Å². The van der Waals surface area contributed by atoms with Crippen LogP contribution in [0.1, 0.15) is 5.56 Å². The predicted molar refractivity (Wildman–Crippen MR) is 82.3 cm³/mol. The average Bonchev–Trinajstić information content (AvgIpc) is 2.30. The Balaban J connectivity index is 2.46. The highest BCUT2D eigenvalue weighted by Crippen LogP contribution is 2.26. The van der Waals surface area contributed by atoms with E-state index in [4.69, 9.17) is 0 Å². The molecule has 0 N–H and O–H groups in total. The van der Waals surface area contributed by atoms with Crippen LogP contribution in [0.3, 0.4) is 0 Å². The third kappa shape index (κ3) is 2.72. The van der Waals surface area contributed by atoms with Crippen molar-refractivity contribution < 1.29 is 0 Å². The maximum atomic E-state index is 2.41. The fourth-order valence-electron chi connectivity index (χ4n) is 1.49. The number of rotatable bonds is 2. The van der Waals surface area contributed by atoms with Gasteiger partial charge in [0.25, 0.3) is 0 Å². The molecule has 0 aliphatic heterocycles. The van der Waals surface area contributed by atoms with Crippen molar-refractivity contribution in [2.24, 2.45) is 0 Å². The second-order valence-corrected chi connectivity index (χ2v) is 5.24. The van der Waals surface area contributed by atoms with Crippen molar-refractivity contribution in [1.82, 2.24) is 0 Å². The summed E-state index contributed by atoms with van der Waals surface area (Å²) in [6.07, 6.45) is 0. The van der Waals surface area contributed by atoms with Gasteiger partial charge in [0.2, 0.25) is 0 Å². The zero-order chi connectivity index (χ0) is 10.7. The topological polar surface area (TPSA) is 0 Å². The van der Waals surface area contributed by atoms with E-state index in [0.29, 0.717) is 0 Å². The molecular weight excluding hydrogens is 410 g/mol. The fraction of sp³-hybridized carbons (Fsp3) is 0.0769. The Hall–Kier alpha value is -0.100. The summed E-state index contributed by atoms with van der Waals surface area (Å²) in [5.74, 6) is 0. The highest BCUT2D eigenvalue weighted by atomic mass is 127. The van der Waals surface area contributed by atoms with Crippen LogP contribution in [-0.2, 0) is 4.43 Å². The molecule has 2 aromatic rings. The van der Waals surface area contributed by atoms with Crippen molar-refractivity contribution >= 4 is 45.2 Å². The van der Waals surface area contributed by atoms with Gasteiger partial charge in [0.1, 0.15) is 0 Å². The zero-order valence-corrected chi connectivity index (χ0v) is 12.4. The highest BCUT2D eigenvalue weighted by Gasteiger charge is 2.02. The Morgan fingerprint density at radius 3 is 2.27 bits per heavy atom. The lowest BCUT2D eigenvalue weighted by molar-refractivity contribution is 1.43. The molecule has 2 heteroatoms. The molecule has 0 aliphatic carbocycles. The van der Waals surface area contributed by atoms with Gasteiger partial charge in [-0.3, -0.25) is 0 Å². The van der Waals surface area contributed by atoms with Crippen molar-refractivity contribution in [3.63, 3.8) is 0 Å². The van der Waals surface area contributed by atoms with Gasteiger partial charge in [0.05, 0.1) is 0 Å². The largest absolute Gasteiger partial charge is 0.0812 e. The first kappa shape index (κ1) is 11.4. The standard InChI is InChI=1S/C13H10I2/c14-9-10-6-7-12(13(15)8-10)11-4-2-1-3-5-11/h1-8H,9H2. The number of alkyl halides is 1. The van der Waals surface area contributed by atoms with Crippen LogP contribution >= 0.6 is 45.2 Å². The van der Waals surface area contributed by atoms with Crippen molar-refractivity contribution in [3.05, 3.63) is 57.7 Å². The Kier molecular flexibility index (Phi) is 4.02. The van der Waals surface area contributed by atoms with Gasteiger partial charge < -0.3 is 0 Å². The third-order valence-corrected chi connectivity index (χ3v) is 4.05. The summed E-state index contributed by atoms with van der Waals surface area (Å²) in [4.78, 5) is 0. The van der Waals surface area contributed by atoms with Gasteiger partial charge in [0.15, 0.2) is 0 Å². The van der Waals surface area contributed by atoms with Crippen molar-refractivity contribution in [1.29, 1.82) is 0 Å². The predicted octanol–water partition coefficient (Wildman–Crippen LogP) is 4.89. The normalized spacial score (nSPS) is 10.3. The molecule has 0 aliphatic rings. The van der Waals surface area contributed by atoms with Gasteiger partial charge in [-0.05, 0) is 45.3 Å². The van der Waals surface area contributed by atoms with E-state index in [1.54, 1.807) is 0 Å². The van der Waals surface area contributed by atoms with E-state index in [1.165, 1.54) is 20.3 Å². The van der Waals surface area contributed by atoms with Gasteiger partial charge in [0, 0.05) is 8.00 Å². The summed E-state index contributed by atoms with van der Waals surface area (Å²) >= 11 is 4.80. The molecule has 0 saturated carbocycles. The molecule has 0 saturated heterocycles. The Labute approximate surface area is 117 Å². The minimum absolute atomic E-state index is 1.07. The summed E-state index contributed by atoms with van der Waals surface area (Å²) < 4.78 is 2.40. The SMILES string of the molecule is ICc1ccc(-c2ccccc2)c(I)c1. The molecule has 0 aromatic heterocycles. The molecule has 15 heavy (non-hydrogen) atoms. The van der Waals surface area contributed by atoms with Crippen LogP contribution in [0, 0.1) is 3.57 Å². The molecule has 0 atom stereocenters. The zero-order valence-electron chi connectivity index (χ0n) is 8.08. The van der Waals surface area contributed by atoms with Gasteiger partial charge in [-0.1, -0.05) is 65.1 Å². The van der Waals surface area contributed by atoms with Crippen LogP contribution in [0.15, 0.2) is 48.5 Å². The first-order valence-electron chi connectivity index (χ1n) is 4.71. The molecule has 0 unspecified atom stereocenters. The minimum atomic E-state index is 1.07. The molecule has 0 heterocycles. The van der Waals surface area contributed by atoms with E-state index < -0.39 is 0 Å². The smallest absolute Gasteiger partial charge is 0.0247 e. The van der Waals surface area contributed by atoms with Gasteiger partial charge in [-0.25, -0.2) is 0 Å². The minimum Gasteiger partial charge on any atom is -0.0812 e. The Bertz CT molecular complexity index is 449. The van der Waals surface area contributed by atoms with Gasteiger partial charge >= 0.3 is 0 Å². The average molecular weight is 420 g/mol. The molecule has 0 bridgehead atoms. The van der Waals surface area contributed by atoms with Crippen LogP contribution in [-0.4, -0.2) is 0 Å². The fourth-order valence-corrected chi connectivity index (χ4v) is 2.86. The number of halogens is 2. The summed E-state index contributed by atoms with van der Waals surface area (Å²) in [7, 11) is 0. The van der Waals surface area contributed by atoms with E-state index in [2.05, 4.69) is 93.7 Å².